The number of carbonyl (C=O) groups is 1. The number of thioether (sulfide) groups is 2. The fraction of sp³-hybridized carbons (Fsp3) is 0.167. The molecule has 0 unspecified atom stereocenters. The lowest BCUT2D eigenvalue weighted by molar-refractivity contribution is 0.0686. The van der Waals surface area contributed by atoms with Gasteiger partial charge < -0.3 is 9.63 Å². The summed E-state index contributed by atoms with van der Waals surface area (Å²) in [5.41, 5.74) is 0.752. The molecule has 0 spiro atoms. The van der Waals surface area contributed by atoms with E-state index in [2.05, 4.69) is 5.16 Å². The number of hydrogen-bond acceptors (Lipinski definition) is 5. The van der Waals surface area contributed by atoms with Crippen LogP contribution in [0, 0.1) is 0 Å². The van der Waals surface area contributed by atoms with E-state index in [0.717, 1.165) is 10.5 Å². The lowest BCUT2D eigenvalue weighted by atomic mass is 10.1. The lowest BCUT2D eigenvalue weighted by Crippen LogP contribution is -1.94. The number of aromatic nitrogens is 1. The summed E-state index contributed by atoms with van der Waals surface area (Å²) < 4.78 is 5.04. The Labute approximate surface area is 113 Å². The van der Waals surface area contributed by atoms with Gasteiger partial charge in [0, 0.05) is 21.4 Å². The second kappa shape index (κ2) is 5.49. The topological polar surface area (TPSA) is 63.3 Å². The molecule has 0 radical (unpaired) electrons. The molecule has 6 heteroatoms. The van der Waals surface area contributed by atoms with Crippen molar-refractivity contribution in [2.45, 2.75) is 9.79 Å². The van der Waals surface area contributed by atoms with Gasteiger partial charge in [-0.15, -0.1) is 23.5 Å². The van der Waals surface area contributed by atoms with E-state index in [9.17, 15) is 4.79 Å². The van der Waals surface area contributed by atoms with Crippen molar-refractivity contribution in [3.63, 3.8) is 0 Å². The van der Waals surface area contributed by atoms with Gasteiger partial charge in [0.15, 0.2) is 11.5 Å². The summed E-state index contributed by atoms with van der Waals surface area (Å²) in [7, 11) is 0. The van der Waals surface area contributed by atoms with Crippen LogP contribution in [0.2, 0.25) is 0 Å². The molecule has 1 aromatic carbocycles. The maximum atomic E-state index is 10.7. The molecular formula is C12H11NO3S2. The standard InChI is InChI=1S/C12H11NO3S2/c1-17-10-4-3-7(5-11(10)18-2)9-6-8(12(14)15)13-16-9/h3-6H,1-2H3,(H,14,15). The maximum Gasteiger partial charge on any atom is 0.358 e. The Morgan fingerprint density at radius 1 is 1.22 bits per heavy atom. The Kier molecular flexibility index (Phi) is 3.98. The molecule has 0 aliphatic heterocycles. The zero-order valence-electron chi connectivity index (χ0n) is 9.84. The summed E-state index contributed by atoms with van der Waals surface area (Å²) in [4.78, 5) is 13.1. The number of hydrogen-bond donors (Lipinski definition) is 1. The molecule has 0 aliphatic carbocycles. The van der Waals surface area contributed by atoms with Crippen molar-refractivity contribution in [1.29, 1.82) is 0 Å². The van der Waals surface area contributed by atoms with E-state index in [4.69, 9.17) is 9.63 Å². The third kappa shape index (κ3) is 2.54. The van der Waals surface area contributed by atoms with Crippen molar-refractivity contribution in [3.05, 3.63) is 30.0 Å². The highest BCUT2D eigenvalue weighted by Crippen LogP contribution is 2.32. The molecule has 0 fully saturated rings. The molecule has 94 valence electrons. The second-order valence-corrected chi connectivity index (χ2v) is 5.15. The van der Waals surface area contributed by atoms with E-state index in [1.807, 2.05) is 30.7 Å². The Morgan fingerprint density at radius 3 is 2.50 bits per heavy atom. The molecule has 0 saturated carbocycles. The van der Waals surface area contributed by atoms with Crippen LogP contribution in [0.3, 0.4) is 0 Å². The summed E-state index contributed by atoms with van der Waals surface area (Å²) >= 11 is 3.32. The Hall–Kier alpha value is -1.40. The zero-order chi connectivity index (χ0) is 13.1. The number of nitrogens with zero attached hydrogens (tertiary/aromatic N) is 1. The summed E-state index contributed by atoms with van der Waals surface area (Å²) in [6.07, 6.45) is 4.02. The maximum absolute atomic E-state index is 10.7. The highest BCUT2D eigenvalue weighted by molar-refractivity contribution is 8.01. The molecule has 1 heterocycles. The third-order valence-electron chi connectivity index (χ3n) is 2.40. The first-order valence-corrected chi connectivity index (χ1v) is 7.53. The monoisotopic (exact) mass is 281 g/mol. The number of carboxylic acid groups (broad SMARTS) is 1. The minimum atomic E-state index is -1.09. The average molecular weight is 281 g/mol. The van der Waals surface area contributed by atoms with E-state index < -0.39 is 5.97 Å². The number of rotatable bonds is 4. The van der Waals surface area contributed by atoms with E-state index in [0.29, 0.717) is 5.76 Å². The average Bonchev–Trinajstić information content (AvgIpc) is 2.87. The van der Waals surface area contributed by atoms with Crippen LogP contribution in [-0.2, 0) is 0 Å². The van der Waals surface area contributed by atoms with Gasteiger partial charge in [0.25, 0.3) is 0 Å². The largest absolute Gasteiger partial charge is 0.476 e. The van der Waals surface area contributed by atoms with Gasteiger partial charge in [-0.05, 0) is 30.7 Å². The Morgan fingerprint density at radius 2 is 1.94 bits per heavy atom. The van der Waals surface area contributed by atoms with E-state index in [1.54, 1.807) is 23.5 Å². The molecule has 0 saturated heterocycles. The molecule has 18 heavy (non-hydrogen) atoms. The minimum absolute atomic E-state index is 0.0790. The number of carboxylic acids is 1. The molecule has 0 amide bonds. The van der Waals surface area contributed by atoms with Crippen molar-refractivity contribution in [2.75, 3.05) is 12.5 Å². The van der Waals surface area contributed by atoms with Crippen molar-refractivity contribution in [1.82, 2.24) is 5.16 Å². The highest BCUT2D eigenvalue weighted by Gasteiger charge is 2.13. The third-order valence-corrected chi connectivity index (χ3v) is 4.10. The van der Waals surface area contributed by atoms with Crippen molar-refractivity contribution < 1.29 is 14.4 Å². The first kappa shape index (κ1) is 13.0. The molecule has 2 aromatic rings. The molecule has 1 N–H and O–H groups in total. The van der Waals surface area contributed by atoms with Crippen LogP contribution in [0.4, 0.5) is 0 Å². The van der Waals surface area contributed by atoms with Gasteiger partial charge in [-0.2, -0.15) is 0 Å². The molecule has 0 atom stereocenters. The van der Waals surface area contributed by atoms with Gasteiger partial charge in [-0.1, -0.05) is 5.16 Å². The molecule has 0 bridgehead atoms. The predicted molar refractivity (Wildman–Crippen MR) is 72.5 cm³/mol. The SMILES string of the molecule is CSc1ccc(-c2cc(C(=O)O)no2)cc1SC. The number of aromatic carboxylic acids is 1. The van der Waals surface area contributed by atoms with Gasteiger partial charge in [-0.3, -0.25) is 0 Å². The van der Waals surface area contributed by atoms with Gasteiger partial charge in [0.2, 0.25) is 0 Å². The molecular weight excluding hydrogens is 270 g/mol. The summed E-state index contributed by atoms with van der Waals surface area (Å²) in [6, 6.07) is 7.30. The Bertz CT molecular complexity index is 580. The van der Waals surface area contributed by atoms with Crippen LogP contribution in [0.15, 0.2) is 38.6 Å². The normalized spacial score (nSPS) is 10.6. The molecule has 1 aromatic heterocycles. The minimum Gasteiger partial charge on any atom is -0.476 e. The van der Waals surface area contributed by atoms with Crippen LogP contribution in [-0.4, -0.2) is 28.7 Å². The van der Waals surface area contributed by atoms with Gasteiger partial charge >= 0.3 is 5.97 Å². The van der Waals surface area contributed by atoms with Crippen molar-refractivity contribution in [2.24, 2.45) is 0 Å². The lowest BCUT2D eigenvalue weighted by Gasteiger charge is -2.05. The van der Waals surface area contributed by atoms with Crippen molar-refractivity contribution in [3.8, 4) is 11.3 Å². The van der Waals surface area contributed by atoms with Crippen LogP contribution < -0.4 is 0 Å². The van der Waals surface area contributed by atoms with Crippen molar-refractivity contribution >= 4 is 29.5 Å². The second-order valence-electron chi connectivity index (χ2n) is 3.45. The highest BCUT2D eigenvalue weighted by atomic mass is 32.2. The fourth-order valence-corrected chi connectivity index (χ4v) is 2.98. The Balaban J connectivity index is 2.41. The van der Waals surface area contributed by atoms with Gasteiger partial charge in [-0.25, -0.2) is 4.79 Å². The number of benzene rings is 1. The quantitative estimate of drug-likeness (QED) is 0.866. The first-order chi connectivity index (χ1) is 8.65. The van der Waals surface area contributed by atoms with Gasteiger partial charge in [0.1, 0.15) is 0 Å². The molecule has 0 aliphatic rings. The zero-order valence-corrected chi connectivity index (χ0v) is 11.5. The van der Waals surface area contributed by atoms with E-state index in [1.165, 1.54) is 11.0 Å². The van der Waals surface area contributed by atoms with Gasteiger partial charge in [0.05, 0.1) is 0 Å². The van der Waals surface area contributed by atoms with E-state index in [-0.39, 0.29) is 5.69 Å². The van der Waals surface area contributed by atoms with Crippen LogP contribution >= 0.6 is 23.5 Å². The van der Waals surface area contributed by atoms with E-state index >= 15 is 0 Å². The summed E-state index contributed by atoms with van der Waals surface area (Å²) in [5, 5.41) is 12.3. The predicted octanol–water partition coefficient (Wildman–Crippen LogP) is 3.48. The van der Waals surface area contributed by atoms with Crippen LogP contribution in [0.1, 0.15) is 10.5 Å². The van der Waals surface area contributed by atoms with Crippen LogP contribution in [0.25, 0.3) is 11.3 Å². The smallest absolute Gasteiger partial charge is 0.358 e. The first-order valence-electron chi connectivity index (χ1n) is 5.08. The summed E-state index contributed by atoms with van der Waals surface area (Å²) in [5.74, 6) is -0.619. The van der Waals surface area contributed by atoms with Crippen LogP contribution in [0.5, 0.6) is 0 Å². The summed E-state index contributed by atoms with van der Waals surface area (Å²) in [6.45, 7) is 0. The molecule has 2 rings (SSSR count). The fourth-order valence-electron chi connectivity index (χ4n) is 1.50. The molecule has 4 nitrogen and oxygen atoms in total.